The van der Waals surface area contributed by atoms with Gasteiger partial charge in [-0.05, 0) is 30.7 Å². The third-order valence-electron chi connectivity index (χ3n) is 2.49. The second kappa shape index (κ2) is 6.89. The maximum absolute atomic E-state index is 8.63. The van der Waals surface area contributed by atoms with E-state index in [4.69, 9.17) is 5.11 Å². The molecule has 1 aromatic rings. The van der Waals surface area contributed by atoms with Gasteiger partial charge in [-0.15, -0.1) is 0 Å². The summed E-state index contributed by atoms with van der Waals surface area (Å²) in [6.45, 7) is 4.76. The van der Waals surface area contributed by atoms with Crippen molar-refractivity contribution in [3.8, 4) is 0 Å². The zero-order valence-electron chi connectivity index (χ0n) is 9.83. The van der Waals surface area contributed by atoms with Crippen molar-refractivity contribution >= 4 is 21.6 Å². The Kier molecular flexibility index (Phi) is 5.80. The lowest BCUT2D eigenvalue weighted by Crippen LogP contribution is -2.30. The predicted octanol–water partition coefficient (Wildman–Crippen LogP) is 1.78. The molecule has 0 saturated carbocycles. The maximum atomic E-state index is 8.63. The van der Waals surface area contributed by atoms with Gasteiger partial charge in [0.05, 0.1) is 6.61 Å². The van der Waals surface area contributed by atoms with E-state index in [2.05, 4.69) is 58.3 Å². The number of halogens is 1. The Bertz CT molecular complexity index is 331. The third kappa shape index (κ3) is 4.12. The van der Waals surface area contributed by atoms with Crippen LogP contribution in [0.2, 0.25) is 0 Å². The number of likely N-dealkylation sites (N-methyl/N-ethyl adjacent to an activating group) is 1. The van der Waals surface area contributed by atoms with E-state index in [1.54, 1.807) is 0 Å². The fraction of sp³-hybridized carbons (Fsp3) is 0.500. The Morgan fingerprint density at radius 1 is 1.38 bits per heavy atom. The summed E-state index contributed by atoms with van der Waals surface area (Å²) in [5.74, 6) is 0. The zero-order chi connectivity index (χ0) is 12.0. The molecule has 0 aliphatic heterocycles. The van der Waals surface area contributed by atoms with Gasteiger partial charge in [-0.1, -0.05) is 15.9 Å². The van der Waals surface area contributed by atoms with Crippen LogP contribution in [0.15, 0.2) is 22.7 Å². The Labute approximate surface area is 106 Å². The third-order valence-corrected chi connectivity index (χ3v) is 3.38. The highest BCUT2D eigenvalue weighted by Crippen LogP contribution is 2.21. The summed E-state index contributed by atoms with van der Waals surface area (Å²) < 4.78 is 1.14. The smallest absolute Gasteiger partial charge is 0.0555 e. The standard InChI is InChI=1S/C12H19BrN2O/c1-10-9-11(3-4-12(10)13)15(2)7-5-14-6-8-16/h3-4,9,14,16H,5-8H2,1-2H3. The second-order valence-corrected chi connectivity index (χ2v) is 4.68. The fourth-order valence-corrected chi connectivity index (χ4v) is 1.69. The Morgan fingerprint density at radius 2 is 2.12 bits per heavy atom. The molecule has 0 spiro atoms. The number of nitrogens with zero attached hydrogens (tertiary/aromatic N) is 1. The van der Waals surface area contributed by atoms with Crippen LogP contribution < -0.4 is 10.2 Å². The summed E-state index contributed by atoms with van der Waals surface area (Å²) in [4.78, 5) is 2.20. The summed E-state index contributed by atoms with van der Waals surface area (Å²) >= 11 is 3.49. The molecule has 4 heteroatoms. The number of rotatable bonds is 6. The quantitative estimate of drug-likeness (QED) is 0.783. The summed E-state index contributed by atoms with van der Waals surface area (Å²) in [6.07, 6.45) is 0. The average Bonchev–Trinajstić information content (AvgIpc) is 2.28. The molecule has 0 radical (unpaired) electrons. The highest BCUT2D eigenvalue weighted by molar-refractivity contribution is 9.10. The largest absolute Gasteiger partial charge is 0.395 e. The summed E-state index contributed by atoms with van der Waals surface area (Å²) in [5.41, 5.74) is 2.46. The first kappa shape index (κ1) is 13.5. The first-order valence-electron chi connectivity index (χ1n) is 5.44. The molecule has 0 unspecified atom stereocenters. The van der Waals surface area contributed by atoms with Crippen LogP contribution in [0.3, 0.4) is 0 Å². The van der Waals surface area contributed by atoms with E-state index in [-0.39, 0.29) is 6.61 Å². The normalized spacial score (nSPS) is 10.5. The second-order valence-electron chi connectivity index (χ2n) is 3.83. The van der Waals surface area contributed by atoms with Gasteiger partial charge in [-0.25, -0.2) is 0 Å². The molecule has 0 bridgehead atoms. The van der Waals surface area contributed by atoms with Gasteiger partial charge in [0.15, 0.2) is 0 Å². The van der Waals surface area contributed by atoms with Crippen molar-refractivity contribution in [3.05, 3.63) is 28.2 Å². The molecule has 0 aliphatic carbocycles. The first-order valence-corrected chi connectivity index (χ1v) is 6.23. The van der Waals surface area contributed by atoms with Gasteiger partial charge in [0.1, 0.15) is 0 Å². The minimum atomic E-state index is 0.196. The summed E-state index contributed by atoms with van der Waals surface area (Å²) in [7, 11) is 2.07. The van der Waals surface area contributed by atoms with Crippen molar-refractivity contribution in [2.45, 2.75) is 6.92 Å². The minimum absolute atomic E-state index is 0.196. The topological polar surface area (TPSA) is 35.5 Å². The lowest BCUT2D eigenvalue weighted by Gasteiger charge is -2.20. The predicted molar refractivity (Wildman–Crippen MR) is 72.1 cm³/mol. The van der Waals surface area contributed by atoms with E-state index in [1.807, 2.05) is 0 Å². The number of aliphatic hydroxyl groups excluding tert-OH is 1. The highest BCUT2D eigenvalue weighted by atomic mass is 79.9. The number of benzene rings is 1. The molecule has 0 fully saturated rings. The molecule has 0 saturated heterocycles. The van der Waals surface area contributed by atoms with E-state index in [0.29, 0.717) is 6.54 Å². The monoisotopic (exact) mass is 286 g/mol. The number of nitrogens with one attached hydrogen (secondary N) is 1. The van der Waals surface area contributed by atoms with Crippen LogP contribution in [-0.2, 0) is 0 Å². The molecule has 0 aromatic heterocycles. The van der Waals surface area contributed by atoms with Gasteiger partial charge in [0, 0.05) is 36.8 Å². The lowest BCUT2D eigenvalue weighted by atomic mass is 10.2. The van der Waals surface area contributed by atoms with Crippen LogP contribution >= 0.6 is 15.9 Å². The van der Waals surface area contributed by atoms with Gasteiger partial charge in [0.2, 0.25) is 0 Å². The van der Waals surface area contributed by atoms with Gasteiger partial charge in [-0.3, -0.25) is 0 Å². The molecule has 3 nitrogen and oxygen atoms in total. The van der Waals surface area contributed by atoms with Crippen LogP contribution in [0, 0.1) is 6.92 Å². The Hall–Kier alpha value is -0.580. The molecule has 0 amide bonds. The van der Waals surface area contributed by atoms with Gasteiger partial charge in [-0.2, -0.15) is 0 Å². The molecule has 90 valence electrons. The van der Waals surface area contributed by atoms with Crippen LogP contribution in [0.1, 0.15) is 5.56 Å². The van der Waals surface area contributed by atoms with Gasteiger partial charge in [0.25, 0.3) is 0 Å². The molecule has 1 rings (SSSR count). The van der Waals surface area contributed by atoms with Gasteiger partial charge < -0.3 is 15.3 Å². The Balaban J connectivity index is 2.46. The molecule has 2 N–H and O–H groups in total. The number of aliphatic hydroxyl groups is 1. The number of hydrogen-bond acceptors (Lipinski definition) is 3. The van der Waals surface area contributed by atoms with Crippen molar-refractivity contribution in [2.24, 2.45) is 0 Å². The molecule has 0 atom stereocenters. The van der Waals surface area contributed by atoms with Crippen LogP contribution in [-0.4, -0.2) is 38.4 Å². The highest BCUT2D eigenvalue weighted by Gasteiger charge is 2.02. The van der Waals surface area contributed by atoms with Crippen molar-refractivity contribution < 1.29 is 5.11 Å². The molecule has 0 aliphatic rings. The number of anilines is 1. The molecule has 16 heavy (non-hydrogen) atoms. The van der Waals surface area contributed by atoms with Crippen molar-refractivity contribution in [1.29, 1.82) is 0 Å². The SMILES string of the molecule is Cc1cc(N(C)CCNCCO)ccc1Br. The summed E-state index contributed by atoms with van der Waals surface area (Å²) in [5, 5.41) is 11.8. The maximum Gasteiger partial charge on any atom is 0.0555 e. The van der Waals surface area contributed by atoms with E-state index in [1.165, 1.54) is 11.3 Å². The Morgan fingerprint density at radius 3 is 2.75 bits per heavy atom. The first-order chi connectivity index (χ1) is 7.65. The number of hydrogen-bond donors (Lipinski definition) is 2. The van der Waals surface area contributed by atoms with Crippen molar-refractivity contribution in [3.63, 3.8) is 0 Å². The zero-order valence-corrected chi connectivity index (χ0v) is 11.4. The van der Waals surface area contributed by atoms with Gasteiger partial charge >= 0.3 is 0 Å². The molecule has 0 heterocycles. The fourth-order valence-electron chi connectivity index (χ4n) is 1.45. The molecule has 1 aromatic carbocycles. The minimum Gasteiger partial charge on any atom is -0.395 e. The van der Waals surface area contributed by atoms with Crippen molar-refractivity contribution in [1.82, 2.24) is 5.32 Å². The molecular formula is C12H19BrN2O. The van der Waals surface area contributed by atoms with E-state index >= 15 is 0 Å². The van der Waals surface area contributed by atoms with E-state index in [9.17, 15) is 0 Å². The van der Waals surface area contributed by atoms with E-state index in [0.717, 1.165) is 17.6 Å². The van der Waals surface area contributed by atoms with Crippen molar-refractivity contribution in [2.75, 3.05) is 38.2 Å². The summed E-state index contributed by atoms with van der Waals surface area (Å²) in [6, 6.07) is 6.33. The van der Waals surface area contributed by atoms with Crippen LogP contribution in [0.25, 0.3) is 0 Å². The average molecular weight is 287 g/mol. The van der Waals surface area contributed by atoms with E-state index < -0.39 is 0 Å². The molecular weight excluding hydrogens is 268 g/mol. The van der Waals surface area contributed by atoms with Crippen LogP contribution in [0.4, 0.5) is 5.69 Å². The van der Waals surface area contributed by atoms with Crippen LogP contribution in [0.5, 0.6) is 0 Å². The number of aryl methyl sites for hydroxylation is 1. The lowest BCUT2D eigenvalue weighted by molar-refractivity contribution is 0.293.